The Morgan fingerprint density at radius 3 is 2.35 bits per heavy atom. The van der Waals surface area contributed by atoms with Gasteiger partial charge in [0.2, 0.25) is 5.89 Å². The molecule has 0 saturated carbocycles. The van der Waals surface area contributed by atoms with E-state index in [1.165, 1.54) is 0 Å². The summed E-state index contributed by atoms with van der Waals surface area (Å²) in [5.74, 6) is 1.14. The van der Waals surface area contributed by atoms with E-state index in [4.69, 9.17) is 16.1 Å². The Balaban J connectivity index is 1.63. The topological polar surface area (TPSA) is 56.0 Å². The van der Waals surface area contributed by atoms with Gasteiger partial charge in [0.05, 0.1) is 5.88 Å². The number of hydrogen-bond acceptors (Lipinski definition) is 4. The van der Waals surface area contributed by atoms with E-state index >= 15 is 0 Å². The van der Waals surface area contributed by atoms with Gasteiger partial charge in [-0.05, 0) is 11.1 Å². The Hall–Kier alpha value is -2.46. The van der Waals surface area contributed by atoms with E-state index < -0.39 is 0 Å². The van der Waals surface area contributed by atoms with Crippen molar-refractivity contribution in [3.8, 4) is 11.1 Å². The minimum atomic E-state index is 0.0511. The number of aryl methyl sites for hydroxylation is 1. The molecule has 0 aliphatic carbocycles. The lowest BCUT2D eigenvalue weighted by Crippen LogP contribution is -2.01. The van der Waals surface area contributed by atoms with Crippen LogP contribution in [-0.2, 0) is 12.3 Å². The minimum Gasteiger partial charge on any atom is -0.339 e. The molecule has 0 aliphatic heterocycles. The first kappa shape index (κ1) is 15.4. The normalized spacial score (nSPS) is 10.7. The molecule has 0 N–H and O–H groups in total. The average Bonchev–Trinajstić information content (AvgIpc) is 3.09. The molecule has 23 heavy (non-hydrogen) atoms. The van der Waals surface area contributed by atoms with E-state index in [0.29, 0.717) is 30.1 Å². The zero-order valence-electron chi connectivity index (χ0n) is 12.4. The van der Waals surface area contributed by atoms with E-state index in [2.05, 4.69) is 10.1 Å². The third kappa shape index (κ3) is 3.85. The number of rotatable bonds is 6. The third-order valence-corrected chi connectivity index (χ3v) is 3.75. The fourth-order valence-corrected chi connectivity index (χ4v) is 2.40. The van der Waals surface area contributed by atoms with Gasteiger partial charge in [0, 0.05) is 18.4 Å². The lowest BCUT2D eigenvalue weighted by Gasteiger charge is -2.03. The van der Waals surface area contributed by atoms with E-state index in [0.717, 1.165) is 11.1 Å². The van der Waals surface area contributed by atoms with Crippen LogP contribution in [0.3, 0.4) is 0 Å². The van der Waals surface area contributed by atoms with Gasteiger partial charge >= 0.3 is 0 Å². The number of carbonyl (C=O) groups excluding carboxylic acids is 1. The first-order valence-electron chi connectivity index (χ1n) is 7.32. The molecule has 5 heteroatoms. The van der Waals surface area contributed by atoms with Gasteiger partial charge in [-0.15, -0.1) is 11.6 Å². The highest BCUT2D eigenvalue weighted by molar-refractivity contribution is 6.16. The number of ketones is 1. The van der Waals surface area contributed by atoms with Crippen molar-refractivity contribution in [1.29, 1.82) is 0 Å². The molecule has 0 atom stereocenters. The largest absolute Gasteiger partial charge is 0.339 e. The van der Waals surface area contributed by atoms with Crippen LogP contribution in [0.25, 0.3) is 11.1 Å². The monoisotopic (exact) mass is 326 g/mol. The number of alkyl halides is 1. The number of halogens is 1. The maximum atomic E-state index is 12.2. The summed E-state index contributed by atoms with van der Waals surface area (Å²) in [5.41, 5.74) is 2.90. The second kappa shape index (κ2) is 7.20. The van der Waals surface area contributed by atoms with Crippen LogP contribution < -0.4 is 0 Å². The fourth-order valence-electron chi connectivity index (χ4n) is 2.29. The van der Waals surface area contributed by atoms with Gasteiger partial charge in [-0.25, -0.2) is 0 Å². The van der Waals surface area contributed by atoms with Crippen molar-refractivity contribution in [2.45, 2.75) is 18.7 Å². The van der Waals surface area contributed by atoms with Gasteiger partial charge in [0.1, 0.15) is 0 Å². The van der Waals surface area contributed by atoms with Crippen LogP contribution in [-0.4, -0.2) is 15.9 Å². The number of Topliss-reactive ketones (excluding diaryl/α,β-unsaturated/α-hetero) is 1. The highest BCUT2D eigenvalue weighted by Crippen LogP contribution is 2.20. The predicted molar refractivity (Wildman–Crippen MR) is 88.4 cm³/mol. The molecule has 0 saturated heterocycles. The molecule has 0 unspecified atom stereocenters. The highest BCUT2D eigenvalue weighted by Gasteiger charge is 2.10. The molecule has 0 bridgehead atoms. The summed E-state index contributed by atoms with van der Waals surface area (Å²) in [6.45, 7) is 0. The van der Waals surface area contributed by atoms with Crippen molar-refractivity contribution in [1.82, 2.24) is 10.1 Å². The molecule has 0 aliphatic rings. The standard InChI is InChI=1S/C18H15ClN2O2/c19-12-17-20-18(23-21-17)11-10-16(22)15-8-6-14(7-9-15)13-4-2-1-3-5-13/h1-9H,10-12H2. The smallest absolute Gasteiger partial charge is 0.227 e. The van der Waals surface area contributed by atoms with Gasteiger partial charge in [-0.1, -0.05) is 59.8 Å². The molecule has 1 aromatic heterocycles. The molecule has 3 rings (SSSR count). The van der Waals surface area contributed by atoms with E-state index in [1.54, 1.807) is 0 Å². The summed E-state index contributed by atoms with van der Waals surface area (Å²) >= 11 is 5.61. The molecule has 116 valence electrons. The molecular weight excluding hydrogens is 312 g/mol. The van der Waals surface area contributed by atoms with Crippen LogP contribution in [0.5, 0.6) is 0 Å². The summed E-state index contributed by atoms with van der Waals surface area (Å²) in [5, 5.41) is 3.70. The Morgan fingerprint density at radius 2 is 1.70 bits per heavy atom. The zero-order valence-corrected chi connectivity index (χ0v) is 13.2. The number of nitrogens with zero attached hydrogens (tertiary/aromatic N) is 2. The van der Waals surface area contributed by atoms with Gasteiger partial charge in [-0.3, -0.25) is 4.79 Å². The quantitative estimate of drug-likeness (QED) is 0.501. The molecule has 0 amide bonds. The molecule has 0 radical (unpaired) electrons. The molecular formula is C18H15ClN2O2. The molecule has 4 nitrogen and oxygen atoms in total. The third-order valence-electron chi connectivity index (χ3n) is 3.51. The Kier molecular flexibility index (Phi) is 4.83. The number of benzene rings is 2. The van der Waals surface area contributed by atoms with Crippen LogP contribution in [0.1, 0.15) is 28.5 Å². The lowest BCUT2D eigenvalue weighted by molar-refractivity contribution is 0.0979. The van der Waals surface area contributed by atoms with Crippen LogP contribution >= 0.6 is 11.6 Å². The van der Waals surface area contributed by atoms with Crippen molar-refractivity contribution < 1.29 is 9.32 Å². The Labute approximate surface area is 139 Å². The molecule has 2 aromatic carbocycles. The molecule has 3 aromatic rings. The van der Waals surface area contributed by atoms with E-state index in [9.17, 15) is 4.79 Å². The first-order chi connectivity index (χ1) is 11.3. The van der Waals surface area contributed by atoms with Crippen LogP contribution in [0, 0.1) is 0 Å². The molecule has 0 spiro atoms. The summed E-state index contributed by atoms with van der Waals surface area (Å²) in [4.78, 5) is 16.3. The van der Waals surface area contributed by atoms with Crippen molar-refractivity contribution in [2.24, 2.45) is 0 Å². The summed E-state index contributed by atoms with van der Waals surface area (Å²) in [6.07, 6.45) is 0.748. The highest BCUT2D eigenvalue weighted by atomic mass is 35.5. The number of carbonyl (C=O) groups is 1. The van der Waals surface area contributed by atoms with Crippen molar-refractivity contribution in [3.63, 3.8) is 0 Å². The first-order valence-corrected chi connectivity index (χ1v) is 7.86. The second-order valence-electron chi connectivity index (χ2n) is 5.10. The predicted octanol–water partition coefficient (Wildman–Crippen LogP) is 4.29. The van der Waals surface area contributed by atoms with Gasteiger partial charge in [0.15, 0.2) is 11.6 Å². The van der Waals surface area contributed by atoms with Crippen LogP contribution in [0.15, 0.2) is 59.1 Å². The van der Waals surface area contributed by atoms with Crippen LogP contribution in [0.2, 0.25) is 0 Å². The Morgan fingerprint density at radius 1 is 1.00 bits per heavy atom. The SMILES string of the molecule is O=C(CCc1nc(CCl)no1)c1ccc(-c2ccccc2)cc1. The zero-order chi connectivity index (χ0) is 16.1. The summed E-state index contributed by atoms with van der Waals surface area (Å²) in [7, 11) is 0. The van der Waals surface area contributed by atoms with E-state index in [1.807, 2.05) is 54.6 Å². The molecule has 0 fully saturated rings. The summed E-state index contributed by atoms with van der Waals surface area (Å²) in [6, 6.07) is 17.7. The fraction of sp³-hybridized carbons (Fsp3) is 0.167. The van der Waals surface area contributed by atoms with Gasteiger partial charge in [0.25, 0.3) is 0 Å². The van der Waals surface area contributed by atoms with Gasteiger partial charge < -0.3 is 4.52 Å². The van der Waals surface area contributed by atoms with Gasteiger partial charge in [-0.2, -0.15) is 4.98 Å². The van der Waals surface area contributed by atoms with E-state index in [-0.39, 0.29) is 11.7 Å². The minimum absolute atomic E-state index is 0.0511. The maximum Gasteiger partial charge on any atom is 0.227 e. The lowest BCUT2D eigenvalue weighted by atomic mass is 10.0. The number of aromatic nitrogens is 2. The van der Waals surface area contributed by atoms with Crippen molar-refractivity contribution >= 4 is 17.4 Å². The average molecular weight is 327 g/mol. The van der Waals surface area contributed by atoms with Crippen molar-refractivity contribution in [3.05, 3.63) is 71.9 Å². The second-order valence-corrected chi connectivity index (χ2v) is 5.37. The molecule has 1 heterocycles. The maximum absolute atomic E-state index is 12.2. The Bertz CT molecular complexity index is 782. The van der Waals surface area contributed by atoms with Crippen molar-refractivity contribution in [2.75, 3.05) is 0 Å². The van der Waals surface area contributed by atoms with Crippen LogP contribution in [0.4, 0.5) is 0 Å². The number of hydrogen-bond donors (Lipinski definition) is 0. The summed E-state index contributed by atoms with van der Waals surface area (Å²) < 4.78 is 5.02.